The van der Waals surface area contributed by atoms with E-state index in [1.807, 2.05) is 13.1 Å². The van der Waals surface area contributed by atoms with Crippen LogP contribution in [0, 0.1) is 0 Å². The topological polar surface area (TPSA) is 49.8 Å². The maximum Gasteiger partial charge on any atom is 0.133 e. The SMILES string of the molecule is CCCCC(C)Nc1cc(NC)nc(CCC)n1. The lowest BCUT2D eigenvalue weighted by Gasteiger charge is -2.15. The van der Waals surface area contributed by atoms with Crippen LogP contribution in [0.2, 0.25) is 0 Å². The molecule has 0 aliphatic carbocycles. The van der Waals surface area contributed by atoms with E-state index in [-0.39, 0.29) is 0 Å². The highest BCUT2D eigenvalue weighted by Crippen LogP contribution is 2.14. The first-order chi connectivity index (χ1) is 8.69. The number of unbranched alkanes of at least 4 members (excludes halogenated alkanes) is 1. The molecule has 0 aliphatic rings. The van der Waals surface area contributed by atoms with E-state index < -0.39 is 0 Å². The van der Waals surface area contributed by atoms with Crippen LogP contribution >= 0.6 is 0 Å². The maximum absolute atomic E-state index is 4.56. The molecule has 1 heterocycles. The number of hydrogen-bond acceptors (Lipinski definition) is 4. The Kier molecular flexibility index (Phi) is 6.47. The zero-order valence-corrected chi connectivity index (χ0v) is 12.1. The van der Waals surface area contributed by atoms with Crippen LogP contribution in [0.4, 0.5) is 11.6 Å². The Bertz CT molecular complexity index is 352. The Morgan fingerprint density at radius 1 is 1.17 bits per heavy atom. The summed E-state index contributed by atoms with van der Waals surface area (Å²) in [7, 11) is 1.89. The van der Waals surface area contributed by atoms with Crippen molar-refractivity contribution in [3.63, 3.8) is 0 Å². The molecule has 0 amide bonds. The van der Waals surface area contributed by atoms with Crippen molar-refractivity contribution in [2.24, 2.45) is 0 Å². The summed E-state index contributed by atoms with van der Waals surface area (Å²) in [4.78, 5) is 9.01. The van der Waals surface area contributed by atoms with Crippen LogP contribution in [0.15, 0.2) is 6.07 Å². The molecule has 102 valence electrons. The molecular formula is C14H26N4. The minimum absolute atomic E-state index is 0.457. The van der Waals surface area contributed by atoms with E-state index in [1.165, 1.54) is 19.3 Å². The van der Waals surface area contributed by atoms with Gasteiger partial charge in [0.05, 0.1) is 0 Å². The minimum Gasteiger partial charge on any atom is -0.373 e. The van der Waals surface area contributed by atoms with Gasteiger partial charge in [-0.25, -0.2) is 9.97 Å². The first-order valence-corrected chi connectivity index (χ1v) is 7.01. The maximum atomic E-state index is 4.56. The average molecular weight is 250 g/mol. The average Bonchev–Trinajstić information content (AvgIpc) is 2.36. The quantitative estimate of drug-likeness (QED) is 0.742. The van der Waals surface area contributed by atoms with Gasteiger partial charge in [0.15, 0.2) is 0 Å². The van der Waals surface area contributed by atoms with Crippen molar-refractivity contribution in [1.82, 2.24) is 9.97 Å². The summed E-state index contributed by atoms with van der Waals surface area (Å²) in [6.07, 6.45) is 5.66. The van der Waals surface area contributed by atoms with E-state index in [1.54, 1.807) is 0 Å². The highest BCUT2D eigenvalue weighted by Gasteiger charge is 2.06. The molecule has 1 unspecified atom stereocenters. The molecule has 1 atom stereocenters. The van der Waals surface area contributed by atoms with Crippen molar-refractivity contribution < 1.29 is 0 Å². The van der Waals surface area contributed by atoms with E-state index >= 15 is 0 Å². The number of hydrogen-bond donors (Lipinski definition) is 2. The van der Waals surface area contributed by atoms with Gasteiger partial charge in [-0.1, -0.05) is 26.7 Å². The van der Waals surface area contributed by atoms with Gasteiger partial charge in [-0.05, 0) is 19.8 Å². The molecule has 0 aliphatic heterocycles. The second-order valence-corrected chi connectivity index (χ2v) is 4.74. The molecule has 1 aromatic rings. The Hall–Kier alpha value is -1.32. The van der Waals surface area contributed by atoms with E-state index in [9.17, 15) is 0 Å². The van der Waals surface area contributed by atoms with Crippen LogP contribution in [-0.2, 0) is 6.42 Å². The molecule has 4 heteroatoms. The third kappa shape index (κ3) is 4.90. The predicted octanol–water partition coefficient (Wildman–Crippen LogP) is 3.46. The van der Waals surface area contributed by atoms with E-state index in [0.29, 0.717) is 6.04 Å². The van der Waals surface area contributed by atoms with E-state index in [2.05, 4.69) is 41.4 Å². The van der Waals surface area contributed by atoms with Gasteiger partial charge in [0.1, 0.15) is 17.5 Å². The van der Waals surface area contributed by atoms with E-state index in [4.69, 9.17) is 0 Å². The summed E-state index contributed by atoms with van der Waals surface area (Å²) >= 11 is 0. The zero-order valence-electron chi connectivity index (χ0n) is 12.1. The molecule has 1 rings (SSSR count). The van der Waals surface area contributed by atoms with Gasteiger partial charge in [-0.15, -0.1) is 0 Å². The monoisotopic (exact) mass is 250 g/mol. The number of anilines is 2. The van der Waals surface area contributed by atoms with Crippen molar-refractivity contribution in [2.75, 3.05) is 17.7 Å². The van der Waals surface area contributed by atoms with Gasteiger partial charge in [0.25, 0.3) is 0 Å². The fraction of sp³-hybridized carbons (Fsp3) is 0.714. The molecule has 0 saturated carbocycles. The Morgan fingerprint density at radius 2 is 1.89 bits per heavy atom. The van der Waals surface area contributed by atoms with Gasteiger partial charge in [-0.2, -0.15) is 0 Å². The highest BCUT2D eigenvalue weighted by molar-refractivity contribution is 5.47. The first kappa shape index (κ1) is 14.7. The number of nitrogens with one attached hydrogen (secondary N) is 2. The molecule has 1 aromatic heterocycles. The minimum atomic E-state index is 0.457. The van der Waals surface area contributed by atoms with Gasteiger partial charge >= 0.3 is 0 Å². The van der Waals surface area contributed by atoms with Crippen LogP contribution in [-0.4, -0.2) is 23.1 Å². The van der Waals surface area contributed by atoms with Crippen LogP contribution < -0.4 is 10.6 Å². The number of aromatic nitrogens is 2. The number of aryl methyl sites for hydroxylation is 1. The lowest BCUT2D eigenvalue weighted by atomic mass is 10.1. The molecule has 0 bridgehead atoms. The fourth-order valence-corrected chi connectivity index (χ4v) is 1.87. The van der Waals surface area contributed by atoms with Crippen LogP contribution in [0.3, 0.4) is 0 Å². The predicted molar refractivity (Wildman–Crippen MR) is 78.2 cm³/mol. The molecule has 0 radical (unpaired) electrons. The Balaban J connectivity index is 2.71. The first-order valence-electron chi connectivity index (χ1n) is 7.01. The van der Waals surface area contributed by atoms with Crippen molar-refractivity contribution >= 4 is 11.6 Å². The molecule has 0 aromatic carbocycles. The Labute approximate surface area is 111 Å². The number of rotatable bonds is 8. The summed E-state index contributed by atoms with van der Waals surface area (Å²) in [6, 6.07) is 2.43. The lowest BCUT2D eigenvalue weighted by molar-refractivity contribution is 0.642. The molecule has 18 heavy (non-hydrogen) atoms. The largest absolute Gasteiger partial charge is 0.373 e. The smallest absolute Gasteiger partial charge is 0.133 e. The summed E-state index contributed by atoms with van der Waals surface area (Å²) in [5, 5.41) is 6.55. The summed E-state index contributed by atoms with van der Waals surface area (Å²) < 4.78 is 0. The normalized spacial score (nSPS) is 12.2. The van der Waals surface area contributed by atoms with Crippen LogP contribution in [0.25, 0.3) is 0 Å². The standard InChI is InChI=1S/C14H26N4/c1-5-7-9-11(3)16-14-10-13(15-4)17-12(18-14)8-6-2/h10-11H,5-9H2,1-4H3,(H2,15,16,17,18). The molecule has 0 saturated heterocycles. The van der Waals surface area contributed by atoms with Crippen molar-refractivity contribution in [1.29, 1.82) is 0 Å². The summed E-state index contributed by atoms with van der Waals surface area (Å²) in [6.45, 7) is 6.57. The van der Waals surface area contributed by atoms with Gasteiger partial charge in [0, 0.05) is 25.6 Å². The zero-order chi connectivity index (χ0) is 13.4. The number of nitrogens with zero attached hydrogens (tertiary/aromatic N) is 2. The van der Waals surface area contributed by atoms with Crippen molar-refractivity contribution in [3.05, 3.63) is 11.9 Å². The molecule has 0 fully saturated rings. The summed E-state index contributed by atoms with van der Waals surface area (Å²) in [5.41, 5.74) is 0. The van der Waals surface area contributed by atoms with E-state index in [0.717, 1.165) is 30.3 Å². The fourth-order valence-electron chi connectivity index (χ4n) is 1.87. The highest BCUT2D eigenvalue weighted by atomic mass is 15.1. The lowest BCUT2D eigenvalue weighted by Crippen LogP contribution is -2.17. The summed E-state index contributed by atoms with van der Waals surface area (Å²) in [5.74, 6) is 2.73. The van der Waals surface area contributed by atoms with Gasteiger partial charge < -0.3 is 10.6 Å². The second kappa shape index (κ2) is 7.90. The third-order valence-corrected chi connectivity index (χ3v) is 2.89. The molecule has 2 N–H and O–H groups in total. The molecular weight excluding hydrogens is 224 g/mol. The Morgan fingerprint density at radius 3 is 2.50 bits per heavy atom. The third-order valence-electron chi connectivity index (χ3n) is 2.89. The molecule has 4 nitrogen and oxygen atoms in total. The van der Waals surface area contributed by atoms with Crippen LogP contribution in [0.5, 0.6) is 0 Å². The van der Waals surface area contributed by atoms with Crippen molar-refractivity contribution in [2.45, 2.75) is 58.9 Å². The van der Waals surface area contributed by atoms with Gasteiger partial charge in [0.2, 0.25) is 0 Å². The molecule has 0 spiro atoms. The van der Waals surface area contributed by atoms with Crippen molar-refractivity contribution in [3.8, 4) is 0 Å². The van der Waals surface area contributed by atoms with Crippen LogP contribution in [0.1, 0.15) is 52.3 Å². The van der Waals surface area contributed by atoms with Gasteiger partial charge in [-0.3, -0.25) is 0 Å². The second-order valence-electron chi connectivity index (χ2n) is 4.74.